The van der Waals surface area contributed by atoms with Gasteiger partial charge in [-0.3, -0.25) is 4.98 Å². The molecule has 0 fully saturated rings. The molecule has 7 aromatic carbocycles. The number of nitrogens with zero attached hydrogens (tertiary/aromatic N) is 11. The van der Waals surface area contributed by atoms with Gasteiger partial charge in [0.05, 0.1) is 48.3 Å². The number of aryl methyl sites for hydroxylation is 12. The van der Waals surface area contributed by atoms with Gasteiger partial charge in [0.15, 0.2) is 0 Å². The van der Waals surface area contributed by atoms with E-state index in [1.165, 1.54) is 24.5 Å². The average Bonchev–Trinajstić information content (AvgIpc) is 0.804. The third-order valence-electron chi connectivity index (χ3n) is 23.0. The molecule has 0 atom stereocenters. The first-order chi connectivity index (χ1) is 68.0. The summed E-state index contributed by atoms with van der Waals surface area (Å²) in [6, 6.07) is 57.6. The summed E-state index contributed by atoms with van der Waals surface area (Å²) >= 11 is 3.42. The van der Waals surface area contributed by atoms with Gasteiger partial charge >= 0.3 is 6.18 Å². The van der Waals surface area contributed by atoms with Crippen LogP contribution >= 0.6 is 15.9 Å². The molecule has 18 aromatic rings. The van der Waals surface area contributed by atoms with Crippen molar-refractivity contribution in [2.45, 2.75) is 123 Å². The Morgan fingerprint density at radius 3 is 1.01 bits per heavy atom. The number of aromatic hydroxyl groups is 6. The van der Waals surface area contributed by atoms with Crippen LogP contribution in [-0.4, -0.2) is 105 Å². The van der Waals surface area contributed by atoms with Crippen molar-refractivity contribution >= 4 is 154 Å². The quantitative estimate of drug-likeness (QED) is 0.0344. The predicted octanol–water partition coefficient (Wildman–Crippen LogP) is 28.8. The van der Waals surface area contributed by atoms with Gasteiger partial charge in [0.1, 0.15) is 72.4 Å². The van der Waals surface area contributed by atoms with Crippen LogP contribution in [0.5, 0.6) is 52.1 Å². The smallest absolute Gasteiger partial charge is 0.433 e. The van der Waals surface area contributed by atoms with E-state index >= 15 is 0 Å². The van der Waals surface area contributed by atoms with Gasteiger partial charge in [0.25, 0.3) is 0 Å². The number of ether oxygens (including phenoxy) is 3. The molecule has 6 N–H and O–H groups in total. The van der Waals surface area contributed by atoms with E-state index in [2.05, 4.69) is 77.7 Å². The van der Waals surface area contributed by atoms with Gasteiger partial charge in [0, 0.05) is 91.8 Å². The number of fused-ring (bicyclic) bond motifs is 6. The Labute approximate surface area is 830 Å². The second-order valence-corrected chi connectivity index (χ2v) is 35.1. The van der Waals surface area contributed by atoms with Crippen molar-refractivity contribution in [2.75, 3.05) is 13.7 Å². The van der Waals surface area contributed by atoms with Crippen molar-refractivity contribution in [2.24, 2.45) is 0 Å². The minimum atomic E-state index is -4.44. The number of hydrogen-bond acceptors (Lipinski definition) is 20. The first kappa shape index (κ1) is 103. The third-order valence-corrected chi connectivity index (χ3v) is 23.7. The summed E-state index contributed by atoms with van der Waals surface area (Å²) < 4.78 is 67.8. The fourth-order valence-corrected chi connectivity index (χ4v) is 16.0. The number of halogens is 5. The van der Waals surface area contributed by atoms with Gasteiger partial charge in [0.2, 0.25) is 23.6 Å². The monoisotopic (exact) mass is 1970 g/mol. The maximum Gasteiger partial charge on any atom is 0.433 e. The maximum atomic E-state index is 12.8. The molecular weight excluding hydrogens is 1860 g/mol. The highest BCUT2D eigenvalue weighted by Crippen LogP contribution is 2.39. The Morgan fingerprint density at radius 1 is 0.324 bits per heavy atom. The number of hydrogen-bond donors (Lipinski definition) is 6. The summed E-state index contributed by atoms with van der Waals surface area (Å²) in [5, 5.41) is 68.1. The number of methoxy groups -OCH3 is 1. The number of pyridine rings is 11. The van der Waals surface area contributed by atoms with Gasteiger partial charge in [-0.05, 0) is 354 Å². The van der Waals surface area contributed by atoms with E-state index in [0.717, 1.165) is 183 Å². The lowest BCUT2D eigenvalue weighted by Crippen LogP contribution is -2.07. The molecule has 720 valence electrons. The molecular formula is C117H108BrF4N11O9. The zero-order valence-electron chi connectivity index (χ0n) is 81.5. The van der Waals surface area contributed by atoms with Crippen LogP contribution in [0.1, 0.15) is 167 Å². The van der Waals surface area contributed by atoms with E-state index < -0.39 is 17.8 Å². The minimum Gasteiger partial charge on any atom is -0.507 e. The van der Waals surface area contributed by atoms with Crippen molar-refractivity contribution in [3.05, 3.63) is 376 Å². The van der Waals surface area contributed by atoms with Crippen LogP contribution in [0, 0.1) is 89.0 Å². The molecule has 0 unspecified atom stereocenters. The van der Waals surface area contributed by atoms with Gasteiger partial charge in [-0.15, -0.1) is 0 Å². The Kier molecular flexibility index (Phi) is 34.0. The van der Waals surface area contributed by atoms with Gasteiger partial charge in [-0.25, -0.2) is 49.8 Å². The Bertz CT molecular complexity index is 7880. The maximum absolute atomic E-state index is 12.8. The number of alkyl halides is 3. The van der Waals surface area contributed by atoms with Crippen LogP contribution in [0.15, 0.2) is 230 Å². The molecule has 25 heteroatoms. The number of benzene rings is 7. The van der Waals surface area contributed by atoms with E-state index in [1.54, 1.807) is 56.2 Å². The van der Waals surface area contributed by atoms with E-state index in [9.17, 15) is 48.2 Å². The molecule has 0 aliphatic heterocycles. The van der Waals surface area contributed by atoms with Crippen LogP contribution in [0.3, 0.4) is 0 Å². The number of phenols is 6. The zero-order chi connectivity index (χ0) is 102. The zero-order valence-corrected chi connectivity index (χ0v) is 83.1. The second-order valence-electron chi connectivity index (χ2n) is 34.3. The lowest BCUT2D eigenvalue weighted by Gasteiger charge is -2.10. The third kappa shape index (κ3) is 25.9. The summed E-state index contributed by atoms with van der Waals surface area (Å²) in [5.74, 6) is 2.70. The number of aromatic nitrogens is 11. The van der Waals surface area contributed by atoms with Crippen molar-refractivity contribution < 1.29 is 62.4 Å². The summed E-state index contributed by atoms with van der Waals surface area (Å²) in [6.45, 7) is 30.0. The molecule has 0 radical (unpaired) electrons. The van der Waals surface area contributed by atoms with E-state index in [-0.39, 0.29) is 40.6 Å². The number of rotatable bonds is 18. The van der Waals surface area contributed by atoms with E-state index in [4.69, 9.17) is 14.2 Å². The lowest BCUT2D eigenvalue weighted by atomic mass is 9.98. The second kappa shape index (κ2) is 46.8. The fraction of sp³-hybridized carbons (Fsp3) is 0.171. The molecule has 142 heavy (non-hydrogen) atoms. The van der Waals surface area contributed by atoms with Gasteiger partial charge in [-0.2, -0.15) is 17.6 Å². The van der Waals surface area contributed by atoms with Crippen molar-refractivity contribution in [1.82, 2.24) is 54.8 Å². The Morgan fingerprint density at radius 2 is 0.641 bits per heavy atom. The molecule has 11 aromatic heterocycles. The molecule has 11 heterocycles. The Balaban J connectivity index is 0.000000143. The Hall–Kier alpha value is -16.4. The molecule has 0 aliphatic rings. The van der Waals surface area contributed by atoms with Crippen LogP contribution in [0.4, 0.5) is 17.6 Å². The average molecular weight is 1970 g/mol. The van der Waals surface area contributed by atoms with Crippen LogP contribution in [-0.2, 0) is 6.18 Å². The highest BCUT2D eigenvalue weighted by atomic mass is 79.9. The van der Waals surface area contributed by atoms with Crippen LogP contribution < -0.4 is 14.2 Å². The van der Waals surface area contributed by atoms with Crippen LogP contribution in [0.25, 0.3) is 138 Å². The molecule has 0 aliphatic carbocycles. The first-order valence-corrected chi connectivity index (χ1v) is 46.6. The standard InChI is InChI=1S/2C21H22N2O2.C20H16F3NO.C19H18N2O2.C18H15BrN2O.C18H15FN2O/c1-13(2)25-21-16(6-5-11-22-21)7-8-17-9-10-18-14(3)12-15(4)20(24)19(18)23-17;1-4-12-25-21-16(6-5-11-22-21)7-8-17-9-10-18-14(2)13-15(3)20(24)19(18)23-17;1-12-9-13(2)19(25)17-10-14(5-7-16(12)17)3-4-15-6-8-18(24-11-15)20(21,22)23;1-12-11-13(2)18(22)17-16(12)9-8-15(21-17)7-6-14-5-4-10-20-19(14)23-3;1-11-10-12(2)17(22)16-15(11)8-7-14(21-16)6-5-13-4-3-9-20-18(13)19;1-11-9-12(2)18(22)17-15(11)7-6-14(21-17)5-3-13-4-8-16(19)20-10-13/h5-13,24H,1-4H3;5-11,13,24H,4,12H2,1-3H3;3-11,25H,1-2H3;4-11,22H,1-3H3;2*3-10,22H,1-2H3/b2*8-7+;4-3+;7-6+;6-5+;5-3+. The largest absolute Gasteiger partial charge is 0.507 e. The molecule has 0 amide bonds. The molecule has 0 spiro atoms. The van der Waals surface area contributed by atoms with Crippen molar-refractivity contribution in [1.29, 1.82) is 0 Å². The van der Waals surface area contributed by atoms with E-state index in [0.29, 0.717) is 57.4 Å². The summed E-state index contributed by atoms with van der Waals surface area (Å²) in [4.78, 5) is 46.8. The molecule has 18 rings (SSSR count). The molecule has 0 saturated carbocycles. The van der Waals surface area contributed by atoms with Gasteiger partial charge in [-0.1, -0.05) is 122 Å². The normalized spacial score (nSPS) is 11.5. The minimum absolute atomic E-state index is 0.0590. The number of phenolic OH excluding ortho intramolecular Hbond substituents is 6. The SMILES string of the molecule is CCCOc1ncccc1/C=C/c1ccc2c(C)cc(C)c(O)c2n1.COc1ncccc1/C=C/c1ccc2c(C)cc(C)c(O)c2n1.Cc1cc(C)c2ccc(/C=C/c3ccc(C(F)(F)F)nc3)cc2c1O.Cc1cc(C)c2ccc(/C=C/c3ccc(F)nc3)nc2c1O.Cc1cc(C)c2ccc(/C=C/c3cccnc3Br)nc2c1O.Cc1cc(C)c2ccc(/C=C/c3cccnc3OC(C)C)nc2c1O. The predicted molar refractivity (Wildman–Crippen MR) is 569 cm³/mol. The molecule has 0 saturated heterocycles. The topological polar surface area (TPSA) is 291 Å². The summed E-state index contributed by atoms with van der Waals surface area (Å²) in [5.41, 5.74) is 23.4. The highest BCUT2D eigenvalue weighted by Gasteiger charge is 2.32. The van der Waals surface area contributed by atoms with Crippen LogP contribution in [0.2, 0.25) is 0 Å². The summed E-state index contributed by atoms with van der Waals surface area (Å²) in [6.07, 6.45) is 28.5. The lowest BCUT2D eigenvalue weighted by molar-refractivity contribution is -0.141. The van der Waals surface area contributed by atoms with Crippen molar-refractivity contribution in [3.8, 4) is 52.1 Å². The highest BCUT2D eigenvalue weighted by molar-refractivity contribution is 9.10. The van der Waals surface area contributed by atoms with E-state index in [1.807, 2.05) is 315 Å². The molecule has 0 bridgehead atoms. The summed E-state index contributed by atoms with van der Waals surface area (Å²) in [7, 11) is 1.59. The van der Waals surface area contributed by atoms with Crippen molar-refractivity contribution in [3.63, 3.8) is 0 Å². The van der Waals surface area contributed by atoms with Gasteiger partial charge < -0.3 is 44.8 Å². The fourth-order valence-electron chi connectivity index (χ4n) is 15.7. The molecule has 20 nitrogen and oxygen atoms in total. The first-order valence-electron chi connectivity index (χ1n) is 45.8.